The maximum Gasteiger partial charge on any atom is 0.0704 e. The highest BCUT2D eigenvalue weighted by atomic mass is 16.5. The second-order valence-corrected chi connectivity index (χ2v) is 4.88. The Morgan fingerprint density at radius 1 is 1.21 bits per heavy atom. The third kappa shape index (κ3) is 3.93. The molecule has 0 radical (unpaired) electrons. The molecule has 1 fully saturated rings. The Hall–Kier alpha value is -1.10. The number of nitrogens with two attached hydrogens (primary N) is 1. The molecule has 0 aliphatic carbocycles. The summed E-state index contributed by atoms with van der Waals surface area (Å²) in [5, 5.41) is 0. The van der Waals surface area contributed by atoms with Gasteiger partial charge in [0, 0.05) is 32.4 Å². The summed E-state index contributed by atoms with van der Waals surface area (Å²) >= 11 is 0. The molecule has 2 N–H and O–H groups in total. The molecule has 1 heterocycles. The molecule has 0 bridgehead atoms. The molecule has 106 valence electrons. The summed E-state index contributed by atoms with van der Waals surface area (Å²) in [4.78, 5) is 2.42. The van der Waals surface area contributed by atoms with Crippen molar-refractivity contribution in [1.82, 2.24) is 0 Å². The normalized spacial score (nSPS) is 16.8. The van der Waals surface area contributed by atoms with Crippen molar-refractivity contribution in [2.75, 3.05) is 38.3 Å². The Morgan fingerprint density at radius 3 is 2.63 bits per heavy atom. The zero-order valence-corrected chi connectivity index (χ0v) is 11.7. The van der Waals surface area contributed by atoms with E-state index in [-0.39, 0.29) is 0 Å². The lowest BCUT2D eigenvalue weighted by Crippen LogP contribution is -2.38. The second kappa shape index (κ2) is 7.48. The molecule has 4 heteroatoms. The molecule has 4 nitrogen and oxygen atoms in total. The highest BCUT2D eigenvalue weighted by Gasteiger charge is 2.20. The molecule has 0 atom stereocenters. The van der Waals surface area contributed by atoms with Crippen LogP contribution in [0.2, 0.25) is 0 Å². The van der Waals surface area contributed by atoms with E-state index in [2.05, 4.69) is 23.1 Å². The van der Waals surface area contributed by atoms with Crippen LogP contribution in [0.3, 0.4) is 0 Å². The van der Waals surface area contributed by atoms with Gasteiger partial charge >= 0.3 is 0 Å². The molecule has 1 aromatic carbocycles. The van der Waals surface area contributed by atoms with Crippen molar-refractivity contribution in [3.8, 4) is 0 Å². The molecule has 1 saturated heterocycles. The van der Waals surface area contributed by atoms with Crippen LogP contribution in [-0.2, 0) is 16.0 Å². The largest absolute Gasteiger partial charge is 0.382 e. The van der Waals surface area contributed by atoms with Crippen molar-refractivity contribution >= 4 is 5.69 Å². The first kappa shape index (κ1) is 14.3. The minimum Gasteiger partial charge on any atom is -0.382 e. The molecule has 19 heavy (non-hydrogen) atoms. The maximum absolute atomic E-state index is 5.80. The summed E-state index contributed by atoms with van der Waals surface area (Å²) < 4.78 is 10.8. The molecule has 1 aliphatic heterocycles. The third-order valence-electron chi connectivity index (χ3n) is 3.64. The molecule has 0 amide bonds. The number of rotatable bonds is 6. The summed E-state index contributed by atoms with van der Waals surface area (Å²) in [5.41, 5.74) is 8.30. The van der Waals surface area contributed by atoms with Gasteiger partial charge in [-0.2, -0.15) is 0 Å². The average Bonchev–Trinajstić information content (AvgIpc) is 2.48. The smallest absolute Gasteiger partial charge is 0.0704 e. The van der Waals surface area contributed by atoms with Gasteiger partial charge in [0.25, 0.3) is 0 Å². The minimum atomic E-state index is 0.372. The van der Waals surface area contributed by atoms with Crippen molar-refractivity contribution in [2.45, 2.75) is 25.5 Å². The van der Waals surface area contributed by atoms with Crippen LogP contribution in [-0.4, -0.2) is 39.5 Å². The van der Waals surface area contributed by atoms with Gasteiger partial charge in [-0.3, -0.25) is 0 Å². The lowest BCUT2D eigenvalue weighted by molar-refractivity contribution is 0.00609. The summed E-state index contributed by atoms with van der Waals surface area (Å²) in [6.45, 7) is 4.04. The lowest BCUT2D eigenvalue weighted by atomic mass is 10.0. The number of nitrogens with zero attached hydrogens (tertiary/aromatic N) is 1. The molecule has 1 aliphatic rings. The summed E-state index contributed by atoms with van der Waals surface area (Å²) in [7, 11) is 1.70. The molecule has 0 spiro atoms. The van der Waals surface area contributed by atoms with Crippen molar-refractivity contribution in [3.05, 3.63) is 29.8 Å². The summed E-state index contributed by atoms with van der Waals surface area (Å²) in [6.07, 6.45) is 2.52. The predicted molar refractivity (Wildman–Crippen MR) is 77.4 cm³/mol. The molecule has 0 saturated carbocycles. The molecular formula is C15H24N2O2. The zero-order chi connectivity index (χ0) is 13.5. The number of anilines is 1. The Balaban J connectivity index is 1.85. The molecule has 0 aromatic heterocycles. The van der Waals surface area contributed by atoms with E-state index >= 15 is 0 Å². The van der Waals surface area contributed by atoms with Crippen molar-refractivity contribution in [1.29, 1.82) is 0 Å². The maximum atomic E-state index is 5.80. The Bertz CT molecular complexity index is 376. The topological polar surface area (TPSA) is 47.7 Å². The van der Waals surface area contributed by atoms with Gasteiger partial charge in [-0.05, 0) is 24.5 Å². The number of piperidine rings is 1. The molecule has 0 unspecified atom stereocenters. The van der Waals surface area contributed by atoms with Crippen molar-refractivity contribution < 1.29 is 9.47 Å². The van der Waals surface area contributed by atoms with Gasteiger partial charge in [0.05, 0.1) is 19.3 Å². The number of benzene rings is 1. The van der Waals surface area contributed by atoms with Crippen LogP contribution in [0, 0.1) is 0 Å². The average molecular weight is 264 g/mol. The van der Waals surface area contributed by atoms with E-state index in [0.29, 0.717) is 25.9 Å². The van der Waals surface area contributed by atoms with Gasteiger partial charge in [-0.15, -0.1) is 0 Å². The zero-order valence-electron chi connectivity index (χ0n) is 11.7. The van der Waals surface area contributed by atoms with Gasteiger partial charge in [-0.25, -0.2) is 0 Å². The molecular weight excluding hydrogens is 240 g/mol. The Labute approximate surface area is 115 Å². The van der Waals surface area contributed by atoms with Gasteiger partial charge in [0.2, 0.25) is 0 Å². The van der Waals surface area contributed by atoms with Crippen LogP contribution in [0.1, 0.15) is 18.4 Å². The van der Waals surface area contributed by atoms with E-state index < -0.39 is 0 Å². The Kier molecular flexibility index (Phi) is 5.63. The number of methoxy groups -OCH3 is 1. The molecule has 2 rings (SSSR count). The highest BCUT2D eigenvalue weighted by Crippen LogP contribution is 2.24. The molecule has 1 aromatic rings. The first-order valence-electron chi connectivity index (χ1n) is 6.98. The van der Waals surface area contributed by atoms with Crippen molar-refractivity contribution in [3.63, 3.8) is 0 Å². The number of para-hydroxylation sites is 1. The van der Waals surface area contributed by atoms with Gasteiger partial charge < -0.3 is 20.1 Å². The first-order chi connectivity index (χ1) is 9.35. The van der Waals surface area contributed by atoms with E-state index in [1.807, 2.05) is 6.07 Å². The van der Waals surface area contributed by atoms with Gasteiger partial charge in [0.1, 0.15) is 0 Å². The monoisotopic (exact) mass is 264 g/mol. The van der Waals surface area contributed by atoms with E-state index in [1.165, 1.54) is 11.3 Å². The summed E-state index contributed by atoms with van der Waals surface area (Å²) in [5.74, 6) is 0. The fourth-order valence-electron chi connectivity index (χ4n) is 2.55. The van der Waals surface area contributed by atoms with E-state index in [1.54, 1.807) is 7.11 Å². The number of hydrogen-bond donors (Lipinski definition) is 1. The van der Waals surface area contributed by atoms with Crippen molar-refractivity contribution in [2.24, 2.45) is 5.73 Å². The standard InChI is InChI=1S/C15H24N2O2/c1-18-10-11-19-14-6-8-17(9-7-14)15-5-3-2-4-13(15)12-16/h2-5,14H,6-12,16H2,1H3. The van der Waals surface area contributed by atoms with E-state index in [9.17, 15) is 0 Å². The second-order valence-electron chi connectivity index (χ2n) is 4.88. The quantitative estimate of drug-likeness (QED) is 0.796. The summed E-state index contributed by atoms with van der Waals surface area (Å²) in [6, 6.07) is 8.40. The fourth-order valence-corrected chi connectivity index (χ4v) is 2.55. The van der Waals surface area contributed by atoms with Crippen LogP contribution >= 0.6 is 0 Å². The van der Waals surface area contributed by atoms with Crippen LogP contribution < -0.4 is 10.6 Å². The predicted octanol–water partition coefficient (Wildman–Crippen LogP) is 1.78. The SMILES string of the molecule is COCCOC1CCN(c2ccccc2CN)CC1. The minimum absolute atomic E-state index is 0.372. The van der Waals surface area contributed by atoms with Crippen LogP contribution in [0.5, 0.6) is 0 Å². The first-order valence-corrected chi connectivity index (χ1v) is 6.98. The highest BCUT2D eigenvalue weighted by molar-refractivity contribution is 5.53. The lowest BCUT2D eigenvalue weighted by Gasteiger charge is -2.34. The van der Waals surface area contributed by atoms with E-state index in [0.717, 1.165) is 25.9 Å². The van der Waals surface area contributed by atoms with Gasteiger partial charge in [0.15, 0.2) is 0 Å². The van der Waals surface area contributed by atoms with Gasteiger partial charge in [-0.1, -0.05) is 18.2 Å². The van der Waals surface area contributed by atoms with Crippen LogP contribution in [0.4, 0.5) is 5.69 Å². The number of ether oxygens (including phenoxy) is 2. The third-order valence-corrected chi connectivity index (χ3v) is 3.64. The van der Waals surface area contributed by atoms with E-state index in [4.69, 9.17) is 15.2 Å². The fraction of sp³-hybridized carbons (Fsp3) is 0.600. The Morgan fingerprint density at radius 2 is 1.95 bits per heavy atom. The number of hydrogen-bond acceptors (Lipinski definition) is 4. The van der Waals surface area contributed by atoms with Crippen LogP contribution in [0.15, 0.2) is 24.3 Å². The van der Waals surface area contributed by atoms with Crippen LogP contribution in [0.25, 0.3) is 0 Å².